The van der Waals surface area contributed by atoms with Crippen LogP contribution in [-0.2, 0) is 29.1 Å². The Bertz CT molecular complexity index is 1280. The molecule has 0 radical (unpaired) electrons. The number of rotatable bonds is 4. The number of sulfonamides is 1. The summed E-state index contributed by atoms with van der Waals surface area (Å²) in [6.45, 7) is 1.81. The summed E-state index contributed by atoms with van der Waals surface area (Å²) in [7, 11) is -4.11. The molecule has 1 aliphatic carbocycles. The van der Waals surface area contributed by atoms with Crippen LogP contribution < -0.4 is 9.62 Å². The Hall–Kier alpha value is -3.46. The minimum absolute atomic E-state index is 0.0144. The highest BCUT2D eigenvalue weighted by atomic mass is 32.2. The van der Waals surface area contributed by atoms with Crippen LogP contribution in [0.3, 0.4) is 0 Å². The molecule has 8 nitrogen and oxygen atoms in total. The molecule has 1 N–H and O–H groups in total. The van der Waals surface area contributed by atoms with Crippen molar-refractivity contribution in [2.45, 2.75) is 24.3 Å². The first-order valence-electron chi connectivity index (χ1n) is 10.3. The monoisotopic (exact) mass is 452 g/mol. The predicted molar refractivity (Wildman–Crippen MR) is 115 cm³/mol. The topological polar surface area (TPSA) is 110 Å². The van der Waals surface area contributed by atoms with Crippen LogP contribution in [0.4, 0.5) is 5.69 Å². The highest BCUT2D eigenvalue weighted by Gasteiger charge is 2.58. The number of para-hydroxylation sites is 1. The zero-order chi connectivity index (χ0) is 22.6. The molecule has 3 atom stereocenters. The highest BCUT2D eigenvalue weighted by molar-refractivity contribution is 7.93. The van der Waals surface area contributed by atoms with E-state index in [-0.39, 0.29) is 23.5 Å². The first-order chi connectivity index (χ1) is 15.4. The second-order valence-corrected chi connectivity index (χ2v) is 9.69. The first kappa shape index (κ1) is 20.4. The molecule has 2 amide bonds. The van der Waals surface area contributed by atoms with Gasteiger partial charge in [0.15, 0.2) is 0 Å². The van der Waals surface area contributed by atoms with Gasteiger partial charge in [-0.15, -0.1) is 0 Å². The molecule has 1 fully saturated rings. The molecule has 2 aromatic carbocycles. The summed E-state index contributed by atoms with van der Waals surface area (Å²) in [5.41, 5.74) is 1.59. The quantitative estimate of drug-likeness (QED) is 0.560. The lowest BCUT2D eigenvalue weighted by Gasteiger charge is -2.36. The molecule has 0 spiro atoms. The molecule has 32 heavy (non-hydrogen) atoms. The van der Waals surface area contributed by atoms with Crippen molar-refractivity contribution in [3.05, 3.63) is 65.7 Å². The third-order valence-corrected chi connectivity index (χ3v) is 8.02. The van der Waals surface area contributed by atoms with Crippen molar-refractivity contribution in [3.63, 3.8) is 0 Å². The van der Waals surface area contributed by atoms with Gasteiger partial charge < -0.3 is 4.74 Å². The second kappa shape index (κ2) is 7.30. The summed E-state index contributed by atoms with van der Waals surface area (Å²) in [5.74, 6) is -3.44. The largest absolute Gasteiger partial charge is 0.463 e. The van der Waals surface area contributed by atoms with Gasteiger partial charge in [0.05, 0.1) is 35.1 Å². The van der Waals surface area contributed by atoms with Crippen LogP contribution >= 0.6 is 0 Å². The number of carbonyl (C=O) groups is 3. The number of ether oxygens (including phenoxy) is 1. The lowest BCUT2D eigenvalue weighted by atomic mass is 9.73. The molecule has 2 heterocycles. The minimum Gasteiger partial charge on any atom is -0.463 e. The number of amides is 2. The summed E-state index contributed by atoms with van der Waals surface area (Å²) in [4.78, 5) is 38.3. The molecule has 3 unspecified atom stereocenters. The number of nitrogens with one attached hydrogen (secondary N) is 1. The molecule has 0 aromatic heterocycles. The molecular formula is C23H20N2O6S. The van der Waals surface area contributed by atoms with E-state index in [0.717, 1.165) is 0 Å². The zero-order valence-corrected chi connectivity index (χ0v) is 18.0. The van der Waals surface area contributed by atoms with Gasteiger partial charge in [-0.05, 0) is 37.1 Å². The second-order valence-electron chi connectivity index (χ2n) is 7.88. The molecule has 0 saturated carbocycles. The maximum absolute atomic E-state index is 13.8. The number of fused-ring (bicyclic) bond motifs is 5. The number of hydrogen-bond donors (Lipinski definition) is 1. The van der Waals surface area contributed by atoms with E-state index in [9.17, 15) is 22.8 Å². The van der Waals surface area contributed by atoms with Crippen LogP contribution in [0.25, 0.3) is 5.57 Å². The number of nitrogens with zero attached hydrogens (tertiary/aromatic N) is 1. The van der Waals surface area contributed by atoms with Gasteiger partial charge in [-0.25, -0.2) is 13.2 Å². The molecule has 2 aromatic rings. The Kier molecular flexibility index (Phi) is 4.67. The number of benzene rings is 2. The highest BCUT2D eigenvalue weighted by Crippen LogP contribution is 2.53. The molecule has 3 aliphatic rings. The normalized spacial score (nSPS) is 24.0. The van der Waals surface area contributed by atoms with E-state index < -0.39 is 45.7 Å². The summed E-state index contributed by atoms with van der Waals surface area (Å²) in [6.07, 6.45) is 0.0144. The summed E-state index contributed by atoms with van der Waals surface area (Å²) < 4.78 is 34.0. The van der Waals surface area contributed by atoms with Crippen LogP contribution in [0.15, 0.2) is 65.1 Å². The van der Waals surface area contributed by atoms with E-state index in [1.165, 1.54) is 16.4 Å². The molecule has 1 saturated heterocycles. The Morgan fingerprint density at radius 3 is 2.47 bits per heavy atom. The molecule has 5 rings (SSSR count). The SMILES string of the molecule is CCOC(=O)C1=C2c3ccccc3N(S(=O)(=O)c3ccccc3)C2C2C(=O)NC(=O)C2C1. The van der Waals surface area contributed by atoms with Gasteiger partial charge in [0.1, 0.15) is 0 Å². The van der Waals surface area contributed by atoms with Crippen molar-refractivity contribution in [2.75, 3.05) is 10.9 Å². The lowest BCUT2D eigenvalue weighted by Crippen LogP contribution is -2.48. The van der Waals surface area contributed by atoms with Crippen LogP contribution in [0.2, 0.25) is 0 Å². The van der Waals surface area contributed by atoms with E-state index in [1.54, 1.807) is 49.4 Å². The number of anilines is 1. The molecule has 9 heteroatoms. The van der Waals surface area contributed by atoms with Crippen LogP contribution in [0, 0.1) is 11.8 Å². The average molecular weight is 452 g/mol. The fourth-order valence-electron chi connectivity index (χ4n) is 4.94. The van der Waals surface area contributed by atoms with E-state index in [2.05, 4.69) is 5.32 Å². The van der Waals surface area contributed by atoms with Crippen molar-refractivity contribution >= 4 is 39.1 Å². The van der Waals surface area contributed by atoms with Crippen molar-refractivity contribution in [1.29, 1.82) is 0 Å². The molecule has 2 aliphatic heterocycles. The smallest absolute Gasteiger partial charge is 0.334 e. The van der Waals surface area contributed by atoms with Crippen molar-refractivity contribution in [2.24, 2.45) is 11.8 Å². The molecule has 164 valence electrons. The van der Waals surface area contributed by atoms with Gasteiger partial charge in [-0.3, -0.25) is 19.2 Å². The average Bonchev–Trinajstić information content (AvgIpc) is 3.28. The van der Waals surface area contributed by atoms with Crippen molar-refractivity contribution in [1.82, 2.24) is 5.32 Å². The van der Waals surface area contributed by atoms with Crippen LogP contribution in [-0.4, -0.2) is 38.9 Å². The van der Waals surface area contributed by atoms with Gasteiger partial charge in [0.25, 0.3) is 10.0 Å². The Morgan fingerprint density at radius 2 is 1.75 bits per heavy atom. The number of esters is 1. The van der Waals surface area contributed by atoms with Gasteiger partial charge in [-0.1, -0.05) is 36.4 Å². The van der Waals surface area contributed by atoms with E-state index >= 15 is 0 Å². The maximum atomic E-state index is 13.8. The fourth-order valence-corrected chi connectivity index (χ4v) is 6.62. The fraction of sp³-hybridized carbons (Fsp3) is 0.261. The minimum atomic E-state index is -4.11. The molecule has 0 bridgehead atoms. The van der Waals surface area contributed by atoms with E-state index in [4.69, 9.17) is 4.74 Å². The van der Waals surface area contributed by atoms with Gasteiger partial charge >= 0.3 is 5.97 Å². The maximum Gasteiger partial charge on any atom is 0.334 e. The summed E-state index contributed by atoms with van der Waals surface area (Å²) in [6, 6.07) is 13.7. The lowest BCUT2D eigenvalue weighted by molar-refractivity contribution is -0.139. The van der Waals surface area contributed by atoms with Gasteiger partial charge in [-0.2, -0.15) is 0 Å². The Morgan fingerprint density at radius 1 is 1.06 bits per heavy atom. The number of carbonyl (C=O) groups excluding carboxylic acids is 3. The van der Waals surface area contributed by atoms with Crippen LogP contribution in [0.1, 0.15) is 18.9 Å². The van der Waals surface area contributed by atoms with Crippen molar-refractivity contribution < 1.29 is 27.5 Å². The van der Waals surface area contributed by atoms with Crippen molar-refractivity contribution in [3.8, 4) is 0 Å². The Balaban J connectivity index is 1.80. The zero-order valence-electron chi connectivity index (χ0n) is 17.1. The van der Waals surface area contributed by atoms with Gasteiger partial charge in [0, 0.05) is 11.1 Å². The third-order valence-electron chi connectivity index (χ3n) is 6.21. The number of imide groups is 1. The van der Waals surface area contributed by atoms with E-state index in [0.29, 0.717) is 16.8 Å². The van der Waals surface area contributed by atoms with Crippen LogP contribution in [0.5, 0.6) is 0 Å². The Labute approximate surface area is 184 Å². The third kappa shape index (κ3) is 2.81. The number of hydrogen-bond acceptors (Lipinski definition) is 6. The van der Waals surface area contributed by atoms with Gasteiger partial charge in [0.2, 0.25) is 11.8 Å². The van der Waals surface area contributed by atoms with E-state index in [1.807, 2.05) is 0 Å². The first-order valence-corrected chi connectivity index (χ1v) is 11.7. The molecular weight excluding hydrogens is 432 g/mol. The predicted octanol–water partition coefficient (Wildman–Crippen LogP) is 1.87. The standard InChI is InChI=1S/C23H20N2O6S/c1-2-31-23(28)16-12-15-19(22(27)24-21(15)26)20-18(16)14-10-6-7-11-17(14)25(20)32(29,30)13-8-4-3-5-9-13/h3-11,15,19-20H,2,12H2,1H3,(H,24,26,27). The summed E-state index contributed by atoms with van der Waals surface area (Å²) >= 11 is 0. The summed E-state index contributed by atoms with van der Waals surface area (Å²) in [5, 5.41) is 2.32.